The molecule has 5 heteroatoms. The van der Waals surface area contributed by atoms with Gasteiger partial charge in [0.1, 0.15) is 0 Å². The van der Waals surface area contributed by atoms with Gasteiger partial charge in [-0.1, -0.05) is 0 Å². The quantitative estimate of drug-likeness (QED) is 0.890. The van der Waals surface area contributed by atoms with Gasteiger partial charge >= 0.3 is 0 Å². The predicted octanol–water partition coefficient (Wildman–Crippen LogP) is 2.80. The highest BCUT2D eigenvalue weighted by Gasteiger charge is 2.07. The summed E-state index contributed by atoms with van der Waals surface area (Å²) < 4.78 is 0. The first-order valence-electron chi connectivity index (χ1n) is 5.28. The maximum atomic E-state index is 4.26. The van der Waals surface area contributed by atoms with Crippen LogP contribution in [0.2, 0.25) is 0 Å². The van der Waals surface area contributed by atoms with Crippen LogP contribution in [0.5, 0.6) is 0 Å². The average molecular weight is 253 g/mol. The average Bonchev–Trinajstić information content (AvgIpc) is 2.89. The number of aromatic nitrogens is 2. The molecule has 0 aromatic carbocycles. The molecule has 2 heterocycles. The highest BCUT2D eigenvalue weighted by atomic mass is 32.1. The van der Waals surface area contributed by atoms with Crippen LogP contribution in [-0.2, 0) is 6.42 Å². The highest BCUT2D eigenvalue weighted by molar-refractivity contribution is 7.11. The number of thiazole rings is 2. The second kappa shape index (κ2) is 5.52. The molecule has 2 aromatic heterocycles. The summed E-state index contributed by atoms with van der Waals surface area (Å²) in [5, 5.41) is 6.71. The van der Waals surface area contributed by atoms with Crippen LogP contribution in [0.1, 0.15) is 28.5 Å². The monoisotopic (exact) mass is 253 g/mol. The Hall–Kier alpha value is -0.780. The van der Waals surface area contributed by atoms with E-state index in [1.54, 1.807) is 22.7 Å². The second-order valence-electron chi connectivity index (χ2n) is 3.69. The van der Waals surface area contributed by atoms with Gasteiger partial charge < -0.3 is 5.32 Å². The molecule has 0 radical (unpaired) electrons. The Kier molecular flexibility index (Phi) is 4.04. The largest absolute Gasteiger partial charge is 0.309 e. The Balaban J connectivity index is 1.78. The van der Waals surface area contributed by atoms with Crippen molar-refractivity contribution in [2.24, 2.45) is 0 Å². The fraction of sp³-hybridized carbons (Fsp3) is 0.455. The summed E-state index contributed by atoms with van der Waals surface area (Å²) in [5.41, 5.74) is 3.05. The predicted molar refractivity (Wildman–Crippen MR) is 69.1 cm³/mol. The van der Waals surface area contributed by atoms with Gasteiger partial charge in [0.2, 0.25) is 0 Å². The van der Waals surface area contributed by atoms with Crippen molar-refractivity contribution in [3.05, 3.63) is 32.7 Å². The van der Waals surface area contributed by atoms with Gasteiger partial charge in [0.05, 0.1) is 16.2 Å². The lowest BCUT2D eigenvalue weighted by Gasteiger charge is -2.10. The molecule has 2 aromatic rings. The van der Waals surface area contributed by atoms with Gasteiger partial charge in [0, 0.05) is 35.5 Å². The minimum Gasteiger partial charge on any atom is -0.309 e. The molecular formula is C11H15N3S2. The van der Waals surface area contributed by atoms with Crippen LogP contribution in [0.3, 0.4) is 0 Å². The maximum Gasteiger partial charge on any atom is 0.0897 e. The molecule has 0 spiro atoms. The summed E-state index contributed by atoms with van der Waals surface area (Å²) in [6, 6.07) is 0.379. The van der Waals surface area contributed by atoms with Crippen LogP contribution in [0.25, 0.3) is 0 Å². The van der Waals surface area contributed by atoms with E-state index in [2.05, 4.69) is 27.6 Å². The molecule has 3 nitrogen and oxygen atoms in total. The summed E-state index contributed by atoms with van der Waals surface area (Å²) in [5.74, 6) is 0. The fourth-order valence-electron chi connectivity index (χ4n) is 1.46. The zero-order valence-electron chi connectivity index (χ0n) is 9.43. The maximum absolute atomic E-state index is 4.26. The van der Waals surface area contributed by atoms with Crippen molar-refractivity contribution in [1.82, 2.24) is 15.3 Å². The van der Waals surface area contributed by atoms with Crippen LogP contribution in [-0.4, -0.2) is 16.5 Å². The van der Waals surface area contributed by atoms with E-state index in [4.69, 9.17) is 0 Å². The Morgan fingerprint density at radius 2 is 2.31 bits per heavy atom. The van der Waals surface area contributed by atoms with Crippen LogP contribution in [0.4, 0.5) is 0 Å². The molecule has 1 unspecified atom stereocenters. The third-order valence-electron chi connectivity index (χ3n) is 2.38. The molecule has 1 N–H and O–H groups in total. The van der Waals surface area contributed by atoms with E-state index in [1.165, 1.54) is 10.6 Å². The van der Waals surface area contributed by atoms with Crippen molar-refractivity contribution in [2.75, 3.05) is 6.54 Å². The first-order chi connectivity index (χ1) is 7.75. The van der Waals surface area contributed by atoms with Gasteiger partial charge in [0.25, 0.3) is 0 Å². The molecule has 0 amide bonds. The van der Waals surface area contributed by atoms with Gasteiger partial charge in [-0.05, 0) is 13.8 Å². The number of rotatable bonds is 5. The van der Waals surface area contributed by atoms with Crippen molar-refractivity contribution < 1.29 is 0 Å². The molecule has 0 fully saturated rings. The van der Waals surface area contributed by atoms with Crippen molar-refractivity contribution in [1.29, 1.82) is 0 Å². The summed E-state index contributed by atoms with van der Waals surface area (Å²) >= 11 is 3.41. The zero-order valence-corrected chi connectivity index (χ0v) is 11.1. The lowest BCUT2D eigenvalue weighted by Crippen LogP contribution is -2.20. The third-order valence-corrected chi connectivity index (χ3v) is 4.11. The number of hydrogen-bond acceptors (Lipinski definition) is 5. The Labute approximate surface area is 104 Å². The topological polar surface area (TPSA) is 37.8 Å². The van der Waals surface area contributed by atoms with E-state index >= 15 is 0 Å². The molecule has 0 aliphatic heterocycles. The van der Waals surface area contributed by atoms with E-state index in [0.29, 0.717) is 6.04 Å². The van der Waals surface area contributed by atoms with Gasteiger partial charge in [-0.3, -0.25) is 0 Å². The first-order valence-corrected chi connectivity index (χ1v) is 7.04. The molecule has 0 saturated carbocycles. The molecule has 0 aliphatic rings. The van der Waals surface area contributed by atoms with Gasteiger partial charge in [-0.2, -0.15) is 0 Å². The summed E-state index contributed by atoms with van der Waals surface area (Å²) in [4.78, 5) is 9.82. The molecule has 2 rings (SSSR count). The van der Waals surface area contributed by atoms with Crippen molar-refractivity contribution in [3.63, 3.8) is 0 Å². The molecule has 0 bridgehead atoms. The number of aryl methyl sites for hydroxylation is 1. The van der Waals surface area contributed by atoms with E-state index in [-0.39, 0.29) is 0 Å². The van der Waals surface area contributed by atoms with Gasteiger partial charge in [0.15, 0.2) is 0 Å². The molecule has 86 valence electrons. The lowest BCUT2D eigenvalue weighted by molar-refractivity contribution is 0.581. The zero-order chi connectivity index (χ0) is 11.4. The molecule has 1 atom stereocenters. The summed E-state index contributed by atoms with van der Waals surface area (Å²) in [7, 11) is 0. The van der Waals surface area contributed by atoms with Gasteiger partial charge in [-0.25, -0.2) is 9.97 Å². The van der Waals surface area contributed by atoms with Crippen LogP contribution >= 0.6 is 22.7 Å². The Bertz CT molecular complexity index is 422. The Morgan fingerprint density at radius 1 is 1.44 bits per heavy atom. The number of nitrogens with one attached hydrogen (secondary N) is 1. The summed E-state index contributed by atoms with van der Waals surface area (Å²) in [6.07, 6.45) is 2.95. The summed E-state index contributed by atoms with van der Waals surface area (Å²) in [6.45, 7) is 5.17. The second-order valence-corrected chi connectivity index (χ2v) is 5.67. The van der Waals surface area contributed by atoms with Crippen molar-refractivity contribution in [3.8, 4) is 0 Å². The SMILES string of the molecule is Cc1ncc(C(C)NCCc2cscn2)s1. The fourth-order valence-corrected chi connectivity index (χ4v) is 2.86. The molecule has 0 aliphatic carbocycles. The van der Waals surface area contributed by atoms with Crippen molar-refractivity contribution >= 4 is 22.7 Å². The van der Waals surface area contributed by atoms with Crippen molar-refractivity contribution in [2.45, 2.75) is 26.3 Å². The van der Waals surface area contributed by atoms with E-state index in [0.717, 1.165) is 18.0 Å². The van der Waals surface area contributed by atoms with E-state index < -0.39 is 0 Å². The minimum absolute atomic E-state index is 0.379. The van der Waals surface area contributed by atoms with Crippen LogP contribution < -0.4 is 5.32 Å². The standard InChI is InChI=1S/C11H15N3S2/c1-8(11-5-13-9(2)16-11)12-4-3-10-6-15-7-14-10/h5-8,12H,3-4H2,1-2H3. The number of hydrogen-bond donors (Lipinski definition) is 1. The smallest absolute Gasteiger partial charge is 0.0897 e. The normalized spacial score (nSPS) is 12.9. The van der Waals surface area contributed by atoms with E-state index in [1.807, 2.05) is 18.6 Å². The van der Waals surface area contributed by atoms with Crippen LogP contribution in [0.15, 0.2) is 17.1 Å². The van der Waals surface area contributed by atoms with Gasteiger partial charge in [-0.15, -0.1) is 22.7 Å². The minimum atomic E-state index is 0.379. The lowest BCUT2D eigenvalue weighted by atomic mass is 10.2. The number of nitrogens with zero attached hydrogens (tertiary/aromatic N) is 2. The Morgan fingerprint density at radius 3 is 2.94 bits per heavy atom. The first kappa shape index (κ1) is 11.7. The molecular weight excluding hydrogens is 238 g/mol. The molecule has 16 heavy (non-hydrogen) atoms. The molecule has 0 saturated heterocycles. The highest BCUT2D eigenvalue weighted by Crippen LogP contribution is 2.19. The van der Waals surface area contributed by atoms with Crippen LogP contribution in [0, 0.1) is 6.92 Å². The third kappa shape index (κ3) is 3.10. The van der Waals surface area contributed by atoms with E-state index in [9.17, 15) is 0 Å².